The van der Waals surface area contributed by atoms with Gasteiger partial charge in [-0.05, 0) is 31.5 Å². The molecule has 0 aliphatic carbocycles. The zero-order chi connectivity index (χ0) is 18.0. The van der Waals surface area contributed by atoms with Crippen LogP contribution in [-0.4, -0.2) is 28.6 Å². The summed E-state index contributed by atoms with van der Waals surface area (Å²) >= 11 is 2.90. The fourth-order valence-corrected chi connectivity index (χ4v) is 4.59. The van der Waals surface area contributed by atoms with Crippen molar-refractivity contribution in [3.05, 3.63) is 39.5 Å². The van der Waals surface area contributed by atoms with Gasteiger partial charge in [-0.2, -0.15) is 0 Å². The van der Waals surface area contributed by atoms with E-state index in [0.717, 1.165) is 21.8 Å². The maximum absolute atomic E-state index is 12.7. The Morgan fingerprint density at radius 1 is 1.40 bits per heavy atom. The van der Waals surface area contributed by atoms with E-state index in [9.17, 15) is 9.59 Å². The van der Waals surface area contributed by atoms with Crippen LogP contribution in [-0.2, 0) is 4.79 Å². The van der Waals surface area contributed by atoms with E-state index >= 15 is 0 Å². The maximum atomic E-state index is 12.7. The first-order valence-corrected chi connectivity index (χ1v) is 9.60. The van der Waals surface area contributed by atoms with Crippen LogP contribution in [0, 0.1) is 6.92 Å². The summed E-state index contributed by atoms with van der Waals surface area (Å²) in [5.41, 5.74) is 1.68. The predicted octanol–water partition coefficient (Wildman–Crippen LogP) is 4.04. The normalized spacial score (nSPS) is 11.0. The summed E-state index contributed by atoms with van der Waals surface area (Å²) in [6, 6.07) is 7.67. The van der Waals surface area contributed by atoms with E-state index in [2.05, 4.69) is 9.97 Å². The molecule has 0 bridgehead atoms. The Balaban J connectivity index is 2.05. The number of carbonyl (C=O) groups excluding carboxylic acids is 1. The lowest BCUT2D eigenvalue weighted by Gasteiger charge is -2.05. The van der Waals surface area contributed by atoms with Gasteiger partial charge < -0.3 is 9.72 Å². The number of benzene rings is 1. The summed E-state index contributed by atoms with van der Waals surface area (Å²) < 4.78 is 5.29. The van der Waals surface area contributed by atoms with Gasteiger partial charge in [0.05, 0.1) is 12.5 Å². The highest BCUT2D eigenvalue weighted by atomic mass is 32.2. The predicted molar refractivity (Wildman–Crippen MR) is 103 cm³/mol. The number of thioether (sulfide) groups is 1. The SMILES string of the molecule is COc1cccc(-c2c(C)sc3nc(SCCC(C)=O)[nH]c(=O)c23)c1. The molecule has 2 aromatic heterocycles. The molecule has 7 heteroatoms. The highest BCUT2D eigenvalue weighted by molar-refractivity contribution is 7.99. The molecule has 0 unspecified atom stereocenters. The van der Waals surface area contributed by atoms with E-state index in [1.54, 1.807) is 14.0 Å². The molecule has 25 heavy (non-hydrogen) atoms. The van der Waals surface area contributed by atoms with E-state index in [1.165, 1.54) is 23.1 Å². The van der Waals surface area contributed by atoms with Crippen LogP contribution in [0.3, 0.4) is 0 Å². The molecule has 1 aromatic carbocycles. The van der Waals surface area contributed by atoms with Gasteiger partial charge in [-0.1, -0.05) is 23.9 Å². The zero-order valence-electron chi connectivity index (χ0n) is 14.2. The molecule has 0 aliphatic rings. The number of rotatable bonds is 6. The highest BCUT2D eigenvalue weighted by Gasteiger charge is 2.17. The van der Waals surface area contributed by atoms with Crippen molar-refractivity contribution in [3.63, 3.8) is 0 Å². The fourth-order valence-electron chi connectivity index (χ4n) is 2.59. The molecule has 0 saturated carbocycles. The number of aromatic amines is 1. The number of hydrogen-bond acceptors (Lipinski definition) is 6. The first kappa shape index (κ1) is 17.7. The van der Waals surface area contributed by atoms with Crippen LogP contribution in [0.1, 0.15) is 18.2 Å². The Hall–Kier alpha value is -2.12. The minimum Gasteiger partial charge on any atom is -0.497 e. The Kier molecular flexibility index (Phi) is 5.24. The van der Waals surface area contributed by atoms with E-state index in [0.29, 0.717) is 27.5 Å². The van der Waals surface area contributed by atoms with Crippen molar-refractivity contribution in [2.45, 2.75) is 25.4 Å². The summed E-state index contributed by atoms with van der Waals surface area (Å²) in [7, 11) is 1.62. The zero-order valence-corrected chi connectivity index (χ0v) is 15.8. The second-order valence-electron chi connectivity index (χ2n) is 5.62. The smallest absolute Gasteiger partial charge is 0.260 e. The number of aryl methyl sites for hydroxylation is 1. The lowest BCUT2D eigenvalue weighted by atomic mass is 10.0. The third kappa shape index (κ3) is 3.77. The molecule has 130 valence electrons. The van der Waals surface area contributed by atoms with Crippen LogP contribution in [0.15, 0.2) is 34.2 Å². The monoisotopic (exact) mass is 374 g/mol. The van der Waals surface area contributed by atoms with Crippen LogP contribution in [0.25, 0.3) is 21.3 Å². The number of fused-ring (bicyclic) bond motifs is 1. The second-order valence-corrected chi connectivity index (χ2v) is 7.90. The minimum absolute atomic E-state index is 0.128. The Morgan fingerprint density at radius 3 is 2.92 bits per heavy atom. The lowest BCUT2D eigenvalue weighted by molar-refractivity contribution is -0.116. The van der Waals surface area contributed by atoms with Gasteiger partial charge in [0.25, 0.3) is 5.56 Å². The van der Waals surface area contributed by atoms with Crippen LogP contribution >= 0.6 is 23.1 Å². The number of nitrogens with one attached hydrogen (secondary N) is 1. The summed E-state index contributed by atoms with van der Waals surface area (Å²) in [6.07, 6.45) is 0.463. The van der Waals surface area contributed by atoms with E-state index in [4.69, 9.17) is 4.74 Å². The van der Waals surface area contributed by atoms with Crippen molar-refractivity contribution in [3.8, 4) is 16.9 Å². The highest BCUT2D eigenvalue weighted by Crippen LogP contribution is 2.37. The molecule has 3 aromatic rings. The third-order valence-corrected chi connectivity index (χ3v) is 5.64. The average molecular weight is 374 g/mol. The molecule has 0 atom stereocenters. The molecule has 0 spiro atoms. The van der Waals surface area contributed by atoms with Crippen molar-refractivity contribution in [1.82, 2.24) is 9.97 Å². The number of thiophene rings is 1. The largest absolute Gasteiger partial charge is 0.497 e. The fraction of sp³-hybridized carbons (Fsp3) is 0.278. The van der Waals surface area contributed by atoms with Gasteiger partial charge in [0.15, 0.2) is 5.16 Å². The maximum Gasteiger partial charge on any atom is 0.260 e. The first-order valence-electron chi connectivity index (χ1n) is 7.79. The van der Waals surface area contributed by atoms with Crippen molar-refractivity contribution < 1.29 is 9.53 Å². The van der Waals surface area contributed by atoms with Crippen molar-refractivity contribution >= 4 is 39.1 Å². The quantitative estimate of drug-likeness (QED) is 0.521. The summed E-state index contributed by atoms with van der Waals surface area (Å²) in [4.78, 5) is 32.9. The molecule has 3 rings (SSSR count). The number of aromatic nitrogens is 2. The molecule has 2 heterocycles. The van der Waals surface area contributed by atoms with Crippen LogP contribution in [0.4, 0.5) is 0 Å². The number of ether oxygens (including phenoxy) is 1. The van der Waals surface area contributed by atoms with E-state index in [-0.39, 0.29) is 11.3 Å². The Labute approximate surface area is 153 Å². The standard InChI is InChI=1S/C18H18N2O3S2/c1-10(21)7-8-24-18-19-16(22)15-14(11(2)25-17(15)20-18)12-5-4-6-13(9-12)23-3/h4-6,9H,7-8H2,1-3H3,(H,19,20,22). The van der Waals surface area contributed by atoms with Crippen LogP contribution in [0.5, 0.6) is 5.75 Å². The topological polar surface area (TPSA) is 72.0 Å². The van der Waals surface area contributed by atoms with Gasteiger partial charge in [0, 0.05) is 22.6 Å². The van der Waals surface area contributed by atoms with Crippen molar-refractivity contribution in [2.75, 3.05) is 12.9 Å². The number of nitrogens with zero attached hydrogens (tertiary/aromatic N) is 1. The van der Waals surface area contributed by atoms with E-state index < -0.39 is 0 Å². The van der Waals surface area contributed by atoms with Crippen LogP contribution in [0.2, 0.25) is 0 Å². The second kappa shape index (κ2) is 7.41. The van der Waals surface area contributed by atoms with Crippen LogP contribution < -0.4 is 10.3 Å². The minimum atomic E-state index is -0.155. The molecule has 0 radical (unpaired) electrons. The number of H-pyrrole nitrogens is 1. The molecule has 0 amide bonds. The molecular formula is C18H18N2O3S2. The molecule has 0 aliphatic heterocycles. The summed E-state index contributed by atoms with van der Waals surface area (Å²) in [5, 5.41) is 1.16. The summed E-state index contributed by atoms with van der Waals surface area (Å²) in [6.45, 7) is 3.55. The number of carbonyl (C=O) groups is 1. The van der Waals surface area contributed by atoms with Crippen molar-refractivity contribution in [2.24, 2.45) is 0 Å². The first-order chi connectivity index (χ1) is 12.0. The molecule has 0 fully saturated rings. The van der Waals surface area contributed by atoms with E-state index in [1.807, 2.05) is 31.2 Å². The lowest BCUT2D eigenvalue weighted by Crippen LogP contribution is -2.09. The Morgan fingerprint density at radius 2 is 2.20 bits per heavy atom. The number of Topliss-reactive ketones (excluding diaryl/α,β-unsaturated/α-hetero) is 1. The van der Waals surface area contributed by atoms with Gasteiger partial charge in [-0.3, -0.25) is 9.59 Å². The number of hydrogen-bond donors (Lipinski definition) is 1. The number of ketones is 1. The number of methoxy groups -OCH3 is 1. The molecule has 0 saturated heterocycles. The average Bonchev–Trinajstić information content (AvgIpc) is 2.91. The third-order valence-electron chi connectivity index (χ3n) is 3.77. The summed E-state index contributed by atoms with van der Waals surface area (Å²) in [5.74, 6) is 1.48. The molecule has 1 N–H and O–H groups in total. The molecular weight excluding hydrogens is 356 g/mol. The van der Waals surface area contributed by atoms with Gasteiger partial charge in [0.1, 0.15) is 16.4 Å². The molecule has 5 nitrogen and oxygen atoms in total. The van der Waals surface area contributed by atoms with Crippen molar-refractivity contribution in [1.29, 1.82) is 0 Å². The van der Waals surface area contributed by atoms with Gasteiger partial charge in [-0.15, -0.1) is 11.3 Å². The van der Waals surface area contributed by atoms with Gasteiger partial charge in [0.2, 0.25) is 0 Å². The van der Waals surface area contributed by atoms with Gasteiger partial charge in [-0.25, -0.2) is 4.98 Å². The Bertz CT molecular complexity index is 992. The van der Waals surface area contributed by atoms with Gasteiger partial charge >= 0.3 is 0 Å².